The Kier molecular flexibility index (Phi) is 7.27. The van der Waals surface area contributed by atoms with Gasteiger partial charge in [0.1, 0.15) is 12.4 Å². The fourth-order valence-electron chi connectivity index (χ4n) is 3.23. The number of para-hydroxylation sites is 1. The number of hydrogen-bond donors (Lipinski definition) is 1. The van der Waals surface area contributed by atoms with Crippen LogP contribution in [0.25, 0.3) is 0 Å². The standard InChI is InChI=1S/C22H28N2O6S/c1-16-7-4-5-8-19(16)28-14-17(2)23-22(25)9-6-12-24(31(3,26)27)18-10-11-20-21(13-18)30-15-29-20/h4-5,7-8,10-11,13,17H,6,9,12,14-15H2,1-3H3,(H,23,25). The van der Waals surface area contributed by atoms with Crippen LogP contribution in [-0.2, 0) is 14.8 Å². The number of fused-ring (bicyclic) bond motifs is 1. The first kappa shape index (κ1) is 22.7. The molecule has 1 unspecified atom stereocenters. The van der Waals surface area contributed by atoms with Crippen LogP contribution in [0.4, 0.5) is 5.69 Å². The Morgan fingerprint density at radius 1 is 1.19 bits per heavy atom. The Morgan fingerprint density at radius 3 is 2.68 bits per heavy atom. The SMILES string of the molecule is Cc1ccccc1OCC(C)NC(=O)CCCN(c1ccc2c(c1)OCO2)S(C)(=O)=O. The summed E-state index contributed by atoms with van der Waals surface area (Å²) in [7, 11) is -3.51. The lowest BCUT2D eigenvalue weighted by molar-refractivity contribution is -0.121. The maximum Gasteiger partial charge on any atom is 0.232 e. The first-order chi connectivity index (χ1) is 14.7. The number of benzene rings is 2. The van der Waals surface area contributed by atoms with Crippen molar-refractivity contribution in [1.29, 1.82) is 0 Å². The van der Waals surface area contributed by atoms with Crippen molar-refractivity contribution in [2.24, 2.45) is 0 Å². The fourth-order valence-corrected chi connectivity index (χ4v) is 4.19. The zero-order valence-electron chi connectivity index (χ0n) is 18.0. The van der Waals surface area contributed by atoms with Crippen molar-refractivity contribution in [3.63, 3.8) is 0 Å². The van der Waals surface area contributed by atoms with E-state index in [1.807, 2.05) is 38.1 Å². The number of sulfonamides is 1. The molecule has 1 N–H and O–H groups in total. The summed E-state index contributed by atoms with van der Waals surface area (Å²) >= 11 is 0. The minimum absolute atomic E-state index is 0.115. The molecule has 8 nitrogen and oxygen atoms in total. The number of aryl methyl sites for hydroxylation is 1. The highest BCUT2D eigenvalue weighted by Gasteiger charge is 2.21. The van der Waals surface area contributed by atoms with Crippen molar-refractivity contribution >= 4 is 21.6 Å². The minimum atomic E-state index is -3.51. The summed E-state index contributed by atoms with van der Waals surface area (Å²) in [5, 5.41) is 2.89. The molecule has 3 rings (SSSR count). The van der Waals surface area contributed by atoms with Gasteiger partial charge in [-0.1, -0.05) is 18.2 Å². The average Bonchev–Trinajstić information content (AvgIpc) is 3.17. The molecule has 1 atom stereocenters. The molecule has 0 saturated carbocycles. The quantitative estimate of drug-likeness (QED) is 0.601. The Bertz CT molecular complexity index is 1020. The monoisotopic (exact) mass is 448 g/mol. The van der Waals surface area contributed by atoms with Gasteiger partial charge in [0.25, 0.3) is 0 Å². The van der Waals surface area contributed by atoms with Crippen molar-refractivity contribution in [3.05, 3.63) is 48.0 Å². The molecule has 2 aromatic carbocycles. The highest BCUT2D eigenvalue weighted by Crippen LogP contribution is 2.36. The molecule has 0 fully saturated rings. The molecule has 0 spiro atoms. The first-order valence-electron chi connectivity index (χ1n) is 10.1. The van der Waals surface area contributed by atoms with Crippen molar-refractivity contribution in [1.82, 2.24) is 5.32 Å². The molecule has 2 aromatic rings. The smallest absolute Gasteiger partial charge is 0.232 e. The number of carbonyl (C=O) groups is 1. The molecule has 9 heteroatoms. The molecule has 0 aromatic heterocycles. The van der Waals surface area contributed by atoms with E-state index in [0.29, 0.717) is 30.2 Å². The van der Waals surface area contributed by atoms with Gasteiger partial charge in [-0.15, -0.1) is 0 Å². The van der Waals surface area contributed by atoms with E-state index in [2.05, 4.69) is 5.32 Å². The summed E-state index contributed by atoms with van der Waals surface area (Å²) in [5.41, 5.74) is 1.51. The van der Waals surface area contributed by atoms with Gasteiger partial charge in [0.2, 0.25) is 22.7 Å². The van der Waals surface area contributed by atoms with Gasteiger partial charge in [-0.2, -0.15) is 0 Å². The number of carbonyl (C=O) groups excluding carboxylic acids is 1. The topological polar surface area (TPSA) is 94.2 Å². The van der Waals surface area contributed by atoms with Crippen molar-refractivity contribution in [2.75, 3.05) is 30.5 Å². The summed E-state index contributed by atoms with van der Waals surface area (Å²) in [4.78, 5) is 12.3. The molecule has 31 heavy (non-hydrogen) atoms. The van der Waals surface area contributed by atoms with Crippen LogP contribution in [0, 0.1) is 6.92 Å². The summed E-state index contributed by atoms with van der Waals surface area (Å²) in [5.74, 6) is 1.72. The molecule has 0 radical (unpaired) electrons. The Labute approximate surface area is 183 Å². The maximum absolute atomic E-state index is 12.3. The van der Waals surface area contributed by atoms with E-state index in [4.69, 9.17) is 14.2 Å². The van der Waals surface area contributed by atoms with Gasteiger partial charge in [0, 0.05) is 19.0 Å². The number of ether oxygens (including phenoxy) is 3. The molecule has 0 bridgehead atoms. The average molecular weight is 449 g/mol. The highest BCUT2D eigenvalue weighted by molar-refractivity contribution is 7.92. The van der Waals surface area contributed by atoms with E-state index in [0.717, 1.165) is 17.6 Å². The van der Waals surface area contributed by atoms with Gasteiger partial charge >= 0.3 is 0 Å². The first-order valence-corrected chi connectivity index (χ1v) is 11.9. The molecule has 1 heterocycles. The largest absolute Gasteiger partial charge is 0.491 e. The van der Waals surface area contributed by atoms with Crippen LogP contribution in [0.5, 0.6) is 17.2 Å². The van der Waals surface area contributed by atoms with Crippen LogP contribution in [0.15, 0.2) is 42.5 Å². The van der Waals surface area contributed by atoms with E-state index >= 15 is 0 Å². The number of amides is 1. The third kappa shape index (κ3) is 6.27. The van der Waals surface area contributed by atoms with Crippen molar-refractivity contribution < 1.29 is 27.4 Å². The molecule has 1 amide bonds. The maximum atomic E-state index is 12.3. The Hall–Kier alpha value is -2.94. The predicted molar refractivity (Wildman–Crippen MR) is 118 cm³/mol. The summed E-state index contributed by atoms with van der Waals surface area (Å²) < 4.78 is 42.2. The van der Waals surface area contributed by atoms with Crippen LogP contribution in [0.2, 0.25) is 0 Å². The number of anilines is 1. The summed E-state index contributed by atoms with van der Waals surface area (Å²) in [6, 6.07) is 12.5. The van der Waals surface area contributed by atoms with Gasteiger partial charge in [-0.3, -0.25) is 9.10 Å². The lowest BCUT2D eigenvalue weighted by Crippen LogP contribution is -2.37. The molecular weight excluding hydrogens is 420 g/mol. The minimum Gasteiger partial charge on any atom is -0.491 e. The molecule has 0 aliphatic carbocycles. The molecule has 1 aliphatic rings. The van der Waals surface area contributed by atoms with Gasteiger partial charge in [-0.25, -0.2) is 8.42 Å². The van der Waals surface area contributed by atoms with E-state index < -0.39 is 10.0 Å². The third-order valence-corrected chi connectivity index (χ3v) is 5.99. The molecule has 168 valence electrons. The van der Waals surface area contributed by atoms with Gasteiger partial charge < -0.3 is 19.5 Å². The second-order valence-corrected chi connectivity index (χ2v) is 9.43. The van der Waals surface area contributed by atoms with Crippen LogP contribution in [0.1, 0.15) is 25.3 Å². The number of rotatable bonds is 10. The highest BCUT2D eigenvalue weighted by atomic mass is 32.2. The second-order valence-electron chi connectivity index (χ2n) is 7.52. The molecule has 1 aliphatic heterocycles. The lowest BCUT2D eigenvalue weighted by Gasteiger charge is -2.23. The predicted octanol–water partition coefficient (Wildman–Crippen LogP) is 2.85. The summed E-state index contributed by atoms with van der Waals surface area (Å²) in [6.07, 6.45) is 1.71. The summed E-state index contributed by atoms with van der Waals surface area (Å²) in [6.45, 7) is 4.48. The van der Waals surface area contributed by atoms with E-state index in [-0.39, 0.29) is 31.7 Å². The fraction of sp³-hybridized carbons (Fsp3) is 0.409. The third-order valence-electron chi connectivity index (χ3n) is 4.80. The van der Waals surface area contributed by atoms with Gasteiger partial charge in [0.05, 0.1) is 18.0 Å². The van der Waals surface area contributed by atoms with E-state index in [1.54, 1.807) is 18.2 Å². The van der Waals surface area contributed by atoms with Crippen LogP contribution in [0.3, 0.4) is 0 Å². The number of nitrogens with zero attached hydrogens (tertiary/aromatic N) is 1. The van der Waals surface area contributed by atoms with Crippen molar-refractivity contribution in [2.45, 2.75) is 32.7 Å². The van der Waals surface area contributed by atoms with Crippen molar-refractivity contribution in [3.8, 4) is 17.2 Å². The molecule has 0 saturated heterocycles. The lowest BCUT2D eigenvalue weighted by atomic mass is 10.2. The van der Waals surface area contributed by atoms with Crippen LogP contribution < -0.4 is 23.8 Å². The Balaban J connectivity index is 1.49. The normalized spacial score (nSPS) is 13.5. The number of nitrogens with one attached hydrogen (secondary N) is 1. The number of hydrogen-bond acceptors (Lipinski definition) is 6. The molecular formula is C22H28N2O6S. The van der Waals surface area contributed by atoms with Crippen LogP contribution >= 0.6 is 0 Å². The Morgan fingerprint density at radius 2 is 1.94 bits per heavy atom. The zero-order chi connectivity index (χ0) is 22.4. The van der Waals surface area contributed by atoms with Gasteiger partial charge in [0.15, 0.2) is 11.5 Å². The second kappa shape index (κ2) is 9.91. The van der Waals surface area contributed by atoms with E-state index in [9.17, 15) is 13.2 Å². The van der Waals surface area contributed by atoms with Gasteiger partial charge in [-0.05, 0) is 44.0 Å². The zero-order valence-corrected chi connectivity index (χ0v) is 18.8. The van der Waals surface area contributed by atoms with Crippen LogP contribution in [-0.4, -0.2) is 46.6 Å². The van der Waals surface area contributed by atoms with E-state index in [1.165, 1.54) is 4.31 Å².